The lowest BCUT2D eigenvalue weighted by molar-refractivity contribution is 0.0520. The summed E-state index contributed by atoms with van der Waals surface area (Å²) in [7, 11) is 0. The number of hydrogen-bond acceptors (Lipinski definition) is 3. The van der Waals surface area contributed by atoms with Gasteiger partial charge in [-0.25, -0.2) is 9.18 Å². The summed E-state index contributed by atoms with van der Waals surface area (Å²) in [5.74, 6) is -1.20. The standard InChI is InChI=1S/C15H13ClFNO3/c1-2-21-15(20)13-5-10(8-18-13)14(19)6-9-3-4-11(17)7-12(9)16/h3-5,7-8,18H,2,6H2,1H3. The molecule has 2 rings (SSSR count). The number of Topliss-reactive ketones (excluding diaryl/α,β-unsaturated/α-hetero) is 1. The molecule has 0 spiro atoms. The van der Waals surface area contributed by atoms with Gasteiger partial charge in [0.1, 0.15) is 11.5 Å². The van der Waals surface area contributed by atoms with E-state index in [1.165, 1.54) is 24.4 Å². The zero-order valence-corrected chi connectivity index (χ0v) is 12.0. The minimum Gasteiger partial charge on any atom is -0.461 e. The molecule has 0 saturated heterocycles. The number of benzene rings is 1. The molecular weight excluding hydrogens is 297 g/mol. The Labute approximate surface area is 125 Å². The van der Waals surface area contributed by atoms with Crippen molar-refractivity contribution in [1.82, 2.24) is 4.98 Å². The van der Waals surface area contributed by atoms with Crippen molar-refractivity contribution in [2.24, 2.45) is 0 Å². The fourth-order valence-corrected chi connectivity index (χ4v) is 2.06. The number of aromatic amines is 1. The molecule has 0 unspecified atom stereocenters. The number of rotatable bonds is 5. The molecule has 1 aromatic carbocycles. The Morgan fingerprint density at radius 2 is 2.10 bits per heavy atom. The highest BCUT2D eigenvalue weighted by molar-refractivity contribution is 6.31. The van der Waals surface area contributed by atoms with Gasteiger partial charge in [0.15, 0.2) is 5.78 Å². The van der Waals surface area contributed by atoms with E-state index in [4.69, 9.17) is 16.3 Å². The van der Waals surface area contributed by atoms with E-state index in [0.29, 0.717) is 11.1 Å². The fourth-order valence-electron chi connectivity index (χ4n) is 1.82. The van der Waals surface area contributed by atoms with Crippen molar-refractivity contribution >= 4 is 23.4 Å². The third-order valence-electron chi connectivity index (χ3n) is 2.87. The number of carbonyl (C=O) groups is 2. The molecular formula is C15H13ClFNO3. The van der Waals surface area contributed by atoms with E-state index in [-0.39, 0.29) is 29.5 Å². The number of hydrogen-bond donors (Lipinski definition) is 1. The van der Waals surface area contributed by atoms with Crippen LogP contribution in [0.3, 0.4) is 0 Å². The summed E-state index contributed by atoms with van der Waals surface area (Å²) in [6, 6.07) is 5.30. The van der Waals surface area contributed by atoms with Crippen LogP contribution in [0.15, 0.2) is 30.5 Å². The summed E-state index contributed by atoms with van der Waals surface area (Å²) >= 11 is 5.88. The lowest BCUT2D eigenvalue weighted by Crippen LogP contribution is -2.05. The first-order chi connectivity index (χ1) is 10.0. The number of aromatic nitrogens is 1. The Balaban J connectivity index is 2.12. The summed E-state index contributed by atoms with van der Waals surface area (Å²) in [6.07, 6.45) is 1.46. The normalized spacial score (nSPS) is 10.4. The third-order valence-corrected chi connectivity index (χ3v) is 3.22. The van der Waals surface area contributed by atoms with Gasteiger partial charge in [-0.3, -0.25) is 4.79 Å². The first-order valence-corrected chi connectivity index (χ1v) is 6.71. The Kier molecular flexibility index (Phi) is 4.75. The second kappa shape index (κ2) is 6.54. The van der Waals surface area contributed by atoms with Crippen LogP contribution in [0.2, 0.25) is 5.02 Å². The van der Waals surface area contributed by atoms with Gasteiger partial charge in [0.05, 0.1) is 6.61 Å². The smallest absolute Gasteiger partial charge is 0.354 e. The highest BCUT2D eigenvalue weighted by Crippen LogP contribution is 2.19. The molecule has 0 saturated carbocycles. The van der Waals surface area contributed by atoms with Gasteiger partial charge in [-0.05, 0) is 30.7 Å². The number of ketones is 1. The lowest BCUT2D eigenvalue weighted by atomic mass is 10.0. The summed E-state index contributed by atoms with van der Waals surface area (Å²) in [5, 5.41) is 0.199. The van der Waals surface area contributed by atoms with Crippen molar-refractivity contribution in [1.29, 1.82) is 0 Å². The quantitative estimate of drug-likeness (QED) is 0.680. The maximum Gasteiger partial charge on any atom is 0.354 e. The predicted molar refractivity (Wildman–Crippen MR) is 76.2 cm³/mol. The molecule has 0 aliphatic carbocycles. The number of halogens is 2. The van der Waals surface area contributed by atoms with Crippen LogP contribution in [-0.4, -0.2) is 23.3 Å². The van der Waals surface area contributed by atoms with E-state index in [1.54, 1.807) is 6.92 Å². The fraction of sp³-hybridized carbons (Fsp3) is 0.200. The second-order valence-electron chi connectivity index (χ2n) is 4.36. The van der Waals surface area contributed by atoms with E-state index in [1.807, 2.05) is 0 Å². The molecule has 21 heavy (non-hydrogen) atoms. The van der Waals surface area contributed by atoms with Gasteiger partial charge in [0, 0.05) is 23.2 Å². The molecule has 4 nitrogen and oxygen atoms in total. The zero-order valence-electron chi connectivity index (χ0n) is 11.3. The van der Waals surface area contributed by atoms with Crippen LogP contribution in [0.1, 0.15) is 33.3 Å². The zero-order chi connectivity index (χ0) is 15.4. The van der Waals surface area contributed by atoms with Crippen molar-refractivity contribution in [3.8, 4) is 0 Å². The van der Waals surface area contributed by atoms with Crippen LogP contribution in [0, 0.1) is 5.82 Å². The van der Waals surface area contributed by atoms with Crippen LogP contribution in [-0.2, 0) is 11.2 Å². The number of carbonyl (C=O) groups excluding carboxylic acids is 2. The Morgan fingerprint density at radius 1 is 1.33 bits per heavy atom. The molecule has 0 fully saturated rings. The maximum absolute atomic E-state index is 12.9. The van der Waals surface area contributed by atoms with Crippen LogP contribution >= 0.6 is 11.6 Å². The van der Waals surface area contributed by atoms with Crippen LogP contribution in [0.4, 0.5) is 4.39 Å². The first kappa shape index (κ1) is 15.3. The summed E-state index contributed by atoms with van der Waals surface area (Å²) in [4.78, 5) is 26.3. The minimum atomic E-state index is -0.517. The van der Waals surface area contributed by atoms with Crippen molar-refractivity contribution in [3.63, 3.8) is 0 Å². The van der Waals surface area contributed by atoms with E-state index in [9.17, 15) is 14.0 Å². The molecule has 2 aromatic rings. The van der Waals surface area contributed by atoms with Gasteiger partial charge in [0.25, 0.3) is 0 Å². The van der Waals surface area contributed by atoms with Crippen LogP contribution in [0.25, 0.3) is 0 Å². The van der Waals surface area contributed by atoms with Crippen molar-refractivity contribution < 1.29 is 18.7 Å². The molecule has 6 heteroatoms. The van der Waals surface area contributed by atoms with Gasteiger partial charge >= 0.3 is 5.97 Å². The molecule has 110 valence electrons. The average molecular weight is 310 g/mol. The number of H-pyrrole nitrogens is 1. The van der Waals surface area contributed by atoms with E-state index in [0.717, 1.165) is 6.07 Å². The Hall–Kier alpha value is -2.14. The van der Waals surface area contributed by atoms with Gasteiger partial charge < -0.3 is 9.72 Å². The minimum absolute atomic E-state index is 0.0270. The molecule has 1 N–H and O–H groups in total. The van der Waals surface area contributed by atoms with E-state index >= 15 is 0 Å². The monoisotopic (exact) mass is 309 g/mol. The number of ether oxygens (including phenoxy) is 1. The summed E-state index contributed by atoms with van der Waals surface area (Å²) in [6.45, 7) is 1.95. The summed E-state index contributed by atoms with van der Waals surface area (Å²) < 4.78 is 17.8. The van der Waals surface area contributed by atoms with Crippen LogP contribution in [0.5, 0.6) is 0 Å². The molecule has 0 radical (unpaired) electrons. The predicted octanol–water partition coefficient (Wildman–Crippen LogP) is 3.41. The second-order valence-corrected chi connectivity index (χ2v) is 4.77. The Morgan fingerprint density at radius 3 is 2.76 bits per heavy atom. The van der Waals surface area contributed by atoms with Crippen molar-refractivity contribution in [2.75, 3.05) is 6.61 Å². The molecule has 0 amide bonds. The van der Waals surface area contributed by atoms with E-state index in [2.05, 4.69) is 4.98 Å². The van der Waals surface area contributed by atoms with Crippen molar-refractivity contribution in [3.05, 3.63) is 58.1 Å². The lowest BCUT2D eigenvalue weighted by Gasteiger charge is -2.02. The SMILES string of the molecule is CCOC(=O)c1cc(C(=O)Cc2ccc(F)cc2Cl)c[nH]1. The Bertz CT molecular complexity index is 681. The maximum atomic E-state index is 12.9. The summed E-state index contributed by atoms with van der Waals surface area (Å²) in [5.41, 5.74) is 1.09. The molecule has 0 bridgehead atoms. The van der Waals surface area contributed by atoms with Gasteiger partial charge in [-0.15, -0.1) is 0 Å². The van der Waals surface area contributed by atoms with E-state index < -0.39 is 11.8 Å². The first-order valence-electron chi connectivity index (χ1n) is 6.34. The molecule has 1 aromatic heterocycles. The highest BCUT2D eigenvalue weighted by Gasteiger charge is 2.15. The molecule has 0 aliphatic heterocycles. The van der Waals surface area contributed by atoms with Gasteiger partial charge in [-0.1, -0.05) is 17.7 Å². The van der Waals surface area contributed by atoms with Gasteiger partial charge in [-0.2, -0.15) is 0 Å². The van der Waals surface area contributed by atoms with Crippen molar-refractivity contribution in [2.45, 2.75) is 13.3 Å². The molecule has 1 heterocycles. The van der Waals surface area contributed by atoms with Crippen LogP contribution < -0.4 is 0 Å². The molecule has 0 aliphatic rings. The third kappa shape index (κ3) is 3.70. The number of nitrogens with one attached hydrogen (secondary N) is 1. The molecule has 0 atom stereocenters. The van der Waals surface area contributed by atoms with Gasteiger partial charge in [0.2, 0.25) is 0 Å². The average Bonchev–Trinajstić information content (AvgIpc) is 2.92. The number of esters is 1. The highest BCUT2D eigenvalue weighted by atomic mass is 35.5. The largest absolute Gasteiger partial charge is 0.461 e. The topological polar surface area (TPSA) is 59.2 Å².